The molecule has 0 N–H and O–H groups in total. The van der Waals surface area contributed by atoms with Crippen LogP contribution in [0.2, 0.25) is 0 Å². The van der Waals surface area contributed by atoms with Crippen molar-refractivity contribution in [2.45, 2.75) is 47.0 Å². The van der Waals surface area contributed by atoms with E-state index < -0.39 is 0 Å². The average molecular weight is 350 g/mol. The minimum Gasteiger partial charge on any atom is -1.00 e. The maximum Gasteiger partial charge on any atom is 1.00 e. The number of carbonyl (C=O) groups is 1. The Kier molecular flexibility index (Phi) is 9.51. The predicted octanol–water partition coefficient (Wildman–Crippen LogP) is 2.44. The van der Waals surface area contributed by atoms with Crippen LogP contribution < -0.4 is 28.9 Å². The Bertz CT molecular complexity index is 699. The van der Waals surface area contributed by atoms with Gasteiger partial charge in [0.25, 0.3) is 0 Å². The zero-order valence-corrected chi connectivity index (χ0v) is 17.1. The number of hydrogen-bond acceptors (Lipinski definition) is 2. The Labute approximate surface area is 167 Å². The van der Waals surface area contributed by atoms with E-state index in [1.807, 2.05) is 50.2 Å². The Morgan fingerprint density at radius 2 is 1.72 bits per heavy atom. The predicted molar refractivity (Wildman–Crippen MR) is 106 cm³/mol. The molecule has 0 fully saturated rings. The molecule has 0 saturated carbocycles. The van der Waals surface area contributed by atoms with Gasteiger partial charge in [-0.05, 0) is 69.9 Å². The normalized spacial score (nSPS) is 10.7. The topological polar surface area (TPSA) is 26.3 Å². The number of aryl methyl sites for hydroxylation is 3. The quantitative estimate of drug-likeness (QED) is 0.415. The van der Waals surface area contributed by atoms with Crippen LogP contribution in [0.25, 0.3) is 0 Å². The third kappa shape index (κ3) is 6.30. The molecular weight excluding hydrogens is 322 g/mol. The summed E-state index contributed by atoms with van der Waals surface area (Å²) in [5.41, 5.74) is 4.32. The van der Waals surface area contributed by atoms with Gasteiger partial charge in [0.2, 0.25) is 0 Å². The fourth-order valence-corrected chi connectivity index (χ4v) is 3.97. The average Bonchev–Trinajstić information content (AvgIpc) is 2.54. The van der Waals surface area contributed by atoms with Crippen LogP contribution in [0.1, 0.15) is 54.7 Å². The second-order valence-corrected chi connectivity index (χ2v) is 7.50. The monoisotopic (exact) mass is 350 g/mol. The summed E-state index contributed by atoms with van der Waals surface area (Å²) in [5, 5.41) is 1.10. The number of carbonyl (C=O) groups excluding carboxylic acids is 1. The van der Waals surface area contributed by atoms with Crippen LogP contribution in [0.15, 0.2) is 36.4 Å². The van der Waals surface area contributed by atoms with Gasteiger partial charge in [0.15, 0.2) is 5.52 Å². The number of benzene rings is 2. The van der Waals surface area contributed by atoms with Crippen molar-refractivity contribution in [3.05, 3.63) is 58.7 Å². The van der Waals surface area contributed by atoms with E-state index in [0.717, 1.165) is 46.3 Å². The van der Waals surface area contributed by atoms with Crippen molar-refractivity contribution >= 4 is 19.4 Å². The molecule has 130 valence electrons. The largest absolute Gasteiger partial charge is 1.00 e. The molecule has 0 aromatic heterocycles. The van der Waals surface area contributed by atoms with E-state index >= 15 is 0 Å². The van der Waals surface area contributed by atoms with Crippen molar-refractivity contribution in [3.8, 4) is 5.75 Å². The van der Waals surface area contributed by atoms with E-state index in [4.69, 9.17) is 4.74 Å². The van der Waals surface area contributed by atoms with Crippen LogP contribution in [-0.4, -0.2) is 12.1 Å². The first-order chi connectivity index (χ1) is 11.5. The molecule has 0 aliphatic rings. The Hall–Kier alpha value is -1.06. The molecule has 0 aliphatic carbocycles. The van der Waals surface area contributed by atoms with Gasteiger partial charge in [-0.2, -0.15) is 0 Å². The molecule has 1 atom stereocenters. The second kappa shape index (κ2) is 10.8. The van der Waals surface area contributed by atoms with Crippen molar-refractivity contribution in [2.24, 2.45) is 0 Å². The molecule has 2 aromatic carbocycles. The maximum atomic E-state index is 12.7. The first-order valence-corrected chi connectivity index (χ1v) is 9.64. The molecule has 0 aliphatic heterocycles. The minimum absolute atomic E-state index is 0. The molecule has 0 amide bonds. The van der Waals surface area contributed by atoms with Crippen molar-refractivity contribution in [2.75, 3.05) is 6.61 Å². The SMILES string of the molecule is CCCCCOc1ccc(PC(=O)c2c(C)cccc2C)c(C)c1.[H-].[Li+]. The standard InChI is InChI=1S/C21H27O2P.Li.H/c1-5-6-7-13-23-18-11-12-19(17(4)14-18)24-21(22)20-15(2)9-8-10-16(20)3;;/h8-12,14,24H,5-7,13H2,1-4H3;;/q;+1;-1. The second-order valence-electron chi connectivity index (χ2n) is 6.25. The van der Waals surface area contributed by atoms with Gasteiger partial charge in [-0.15, -0.1) is 0 Å². The number of rotatable bonds is 8. The van der Waals surface area contributed by atoms with Crippen LogP contribution in [0, 0.1) is 20.8 Å². The first-order valence-electron chi connectivity index (χ1n) is 8.64. The molecule has 0 heterocycles. The van der Waals surface area contributed by atoms with Gasteiger partial charge < -0.3 is 6.16 Å². The first kappa shape index (κ1) is 22.0. The van der Waals surface area contributed by atoms with E-state index in [1.54, 1.807) is 0 Å². The van der Waals surface area contributed by atoms with Crippen molar-refractivity contribution in [1.82, 2.24) is 0 Å². The van der Waals surface area contributed by atoms with Crippen LogP contribution in [0.4, 0.5) is 0 Å². The Morgan fingerprint density at radius 1 is 1.04 bits per heavy atom. The summed E-state index contributed by atoms with van der Waals surface area (Å²) in [4.78, 5) is 12.7. The fraction of sp³-hybridized carbons (Fsp3) is 0.381. The van der Waals surface area contributed by atoms with Gasteiger partial charge in [-0.3, -0.25) is 4.79 Å². The van der Waals surface area contributed by atoms with E-state index in [0.29, 0.717) is 0 Å². The molecule has 0 saturated heterocycles. The molecule has 1 unspecified atom stereocenters. The molecule has 2 nitrogen and oxygen atoms in total. The summed E-state index contributed by atoms with van der Waals surface area (Å²) in [7, 11) is 0.152. The van der Waals surface area contributed by atoms with Gasteiger partial charge in [0.05, 0.1) is 6.61 Å². The van der Waals surface area contributed by atoms with Gasteiger partial charge in [-0.25, -0.2) is 0 Å². The molecule has 0 radical (unpaired) electrons. The van der Waals surface area contributed by atoms with E-state index in [2.05, 4.69) is 13.8 Å². The molecular formula is C21H28LiO2P. The zero-order chi connectivity index (χ0) is 17.5. The summed E-state index contributed by atoms with van der Waals surface area (Å²) < 4.78 is 5.79. The van der Waals surface area contributed by atoms with Crippen molar-refractivity contribution in [1.29, 1.82) is 0 Å². The van der Waals surface area contributed by atoms with Gasteiger partial charge >= 0.3 is 18.9 Å². The number of unbranched alkanes of at least 4 members (excludes halogenated alkanes) is 2. The molecule has 4 heteroatoms. The Morgan fingerprint density at radius 3 is 2.32 bits per heavy atom. The van der Waals surface area contributed by atoms with E-state index in [-0.39, 0.29) is 34.4 Å². The van der Waals surface area contributed by atoms with E-state index in [1.165, 1.54) is 12.8 Å². The van der Waals surface area contributed by atoms with Gasteiger partial charge in [0.1, 0.15) is 5.75 Å². The maximum absolute atomic E-state index is 12.7. The van der Waals surface area contributed by atoms with Gasteiger partial charge in [0, 0.05) is 5.56 Å². The summed E-state index contributed by atoms with van der Waals surface area (Å²) >= 11 is 0. The number of ether oxygens (including phenoxy) is 1. The summed E-state index contributed by atoms with van der Waals surface area (Å²) in [6.07, 6.45) is 3.48. The van der Waals surface area contributed by atoms with Crippen LogP contribution in [0.3, 0.4) is 0 Å². The van der Waals surface area contributed by atoms with Crippen molar-refractivity contribution < 1.29 is 29.8 Å². The van der Waals surface area contributed by atoms with Crippen LogP contribution >= 0.6 is 8.58 Å². The summed E-state index contributed by atoms with van der Waals surface area (Å²) in [6.45, 7) is 9.01. The van der Waals surface area contributed by atoms with E-state index in [9.17, 15) is 4.79 Å². The molecule has 2 aromatic rings. The Balaban J connectivity index is 0.00000312. The number of hydrogen-bond donors (Lipinski definition) is 0. The molecule has 25 heavy (non-hydrogen) atoms. The third-order valence-electron chi connectivity index (χ3n) is 4.17. The fourth-order valence-electron chi connectivity index (χ4n) is 2.77. The minimum atomic E-state index is 0. The summed E-state index contributed by atoms with van der Waals surface area (Å²) in [6, 6.07) is 12.1. The molecule has 2 rings (SSSR count). The third-order valence-corrected chi connectivity index (χ3v) is 5.48. The zero-order valence-electron chi connectivity index (χ0n) is 17.1. The van der Waals surface area contributed by atoms with Crippen LogP contribution in [0.5, 0.6) is 5.75 Å². The van der Waals surface area contributed by atoms with Crippen molar-refractivity contribution in [3.63, 3.8) is 0 Å². The van der Waals surface area contributed by atoms with Gasteiger partial charge in [-0.1, -0.05) is 44.0 Å². The van der Waals surface area contributed by atoms with Crippen LogP contribution in [-0.2, 0) is 0 Å². The molecule has 0 bridgehead atoms. The summed E-state index contributed by atoms with van der Waals surface area (Å²) in [5.74, 6) is 0.900. The smallest absolute Gasteiger partial charge is 1.00 e. The molecule has 0 spiro atoms.